The first-order chi connectivity index (χ1) is 7.00. The highest BCUT2D eigenvalue weighted by Crippen LogP contribution is 2.02. The van der Waals surface area contributed by atoms with E-state index < -0.39 is 0 Å². The van der Waals surface area contributed by atoms with Crippen molar-refractivity contribution in [3.63, 3.8) is 0 Å². The van der Waals surface area contributed by atoms with E-state index in [0.717, 1.165) is 6.42 Å². The van der Waals surface area contributed by atoms with E-state index in [2.05, 4.69) is 48.6 Å². The zero-order valence-electron chi connectivity index (χ0n) is 8.86. The van der Waals surface area contributed by atoms with Crippen molar-refractivity contribution in [3.05, 3.63) is 48.6 Å². The predicted octanol–water partition coefficient (Wildman–Crippen LogP) is 4.57. The molecule has 0 saturated carbocycles. The highest BCUT2D eigenvalue weighted by molar-refractivity contribution is 5.05. The first-order valence-electron chi connectivity index (χ1n) is 5.62. The minimum absolute atomic E-state index is 1.06. The Morgan fingerprint density at radius 2 is 1.14 bits per heavy atom. The zero-order valence-corrected chi connectivity index (χ0v) is 8.86. The molecule has 0 fully saturated rings. The van der Waals surface area contributed by atoms with Crippen LogP contribution >= 0.6 is 0 Å². The Morgan fingerprint density at radius 3 is 2.07 bits per heavy atom. The minimum Gasteiger partial charge on any atom is -0.0885 e. The fraction of sp³-hybridized carbons (Fsp3) is 0.429. The summed E-state index contributed by atoms with van der Waals surface area (Å²) >= 11 is 0. The molecule has 0 nitrogen and oxygen atoms in total. The van der Waals surface area contributed by atoms with Crippen LogP contribution in [0.15, 0.2) is 48.6 Å². The van der Waals surface area contributed by atoms with Crippen LogP contribution < -0.4 is 0 Å². The molecule has 14 heavy (non-hydrogen) atoms. The lowest BCUT2D eigenvalue weighted by Gasteiger charge is -1.91. The maximum absolute atomic E-state index is 2.31. The SMILES string of the molecule is C1=C\CCC/C=C/CC/C=C/C/C=C/1. The molecule has 0 N–H and O–H groups in total. The summed E-state index contributed by atoms with van der Waals surface area (Å²) in [5.41, 5.74) is 0. The molecule has 1 rings (SSSR count). The Morgan fingerprint density at radius 1 is 0.500 bits per heavy atom. The Kier molecular flexibility index (Phi) is 6.74. The van der Waals surface area contributed by atoms with Crippen LogP contribution in [-0.2, 0) is 0 Å². The summed E-state index contributed by atoms with van der Waals surface area (Å²) in [6.07, 6.45) is 25.0. The van der Waals surface area contributed by atoms with Crippen LogP contribution in [0.3, 0.4) is 0 Å². The van der Waals surface area contributed by atoms with Crippen molar-refractivity contribution in [2.45, 2.75) is 38.5 Å². The van der Waals surface area contributed by atoms with E-state index >= 15 is 0 Å². The van der Waals surface area contributed by atoms with Crippen LogP contribution in [0, 0.1) is 0 Å². The van der Waals surface area contributed by atoms with Crippen molar-refractivity contribution in [2.24, 2.45) is 0 Å². The smallest absolute Gasteiger partial charge is 0.0166 e. The summed E-state index contributed by atoms with van der Waals surface area (Å²) in [5, 5.41) is 0. The first kappa shape index (κ1) is 11.0. The van der Waals surface area contributed by atoms with Gasteiger partial charge in [0, 0.05) is 0 Å². The van der Waals surface area contributed by atoms with E-state index in [9.17, 15) is 0 Å². The van der Waals surface area contributed by atoms with Gasteiger partial charge in [-0.2, -0.15) is 0 Å². The van der Waals surface area contributed by atoms with Crippen LogP contribution in [0.25, 0.3) is 0 Å². The molecule has 0 heteroatoms. The molecule has 0 spiro atoms. The normalized spacial score (nSPS) is 28.6. The molecule has 0 unspecified atom stereocenters. The predicted molar refractivity (Wildman–Crippen MR) is 64.3 cm³/mol. The van der Waals surface area contributed by atoms with Crippen molar-refractivity contribution >= 4 is 0 Å². The summed E-state index contributed by atoms with van der Waals surface area (Å²) in [4.78, 5) is 0. The van der Waals surface area contributed by atoms with Gasteiger partial charge in [0.1, 0.15) is 0 Å². The van der Waals surface area contributed by atoms with Gasteiger partial charge >= 0.3 is 0 Å². The molecular weight excluding hydrogens is 168 g/mol. The van der Waals surface area contributed by atoms with Crippen LogP contribution in [-0.4, -0.2) is 0 Å². The molecule has 0 aromatic carbocycles. The highest BCUT2D eigenvalue weighted by Gasteiger charge is 1.81. The zero-order chi connectivity index (χ0) is 9.90. The highest BCUT2D eigenvalue weighted by atomic mass is 13.9. The standard InChI is InChI=1S/C14H20/c1-2-4-6-8-10-12-14-13-11-9-7-5-3-1/h1-4,7,9,12,14H,5-6,8,10-11,13H2/b3-1+,4-2-,9-7+,14-12+. The molecule has 0 aromatic rings. The summed E-state index contributed by atoms with van der Waals surface area (Å²) < 4.78 is 0. The van der Waals surface area contributed by atoms with Gasteiger partial charge in [-0.15, -0.1) is 0 Å². The van der Waals surface area contributed by atoms with Crippen molar-refractivity contribution in [1.82, 2.24) is 0 Å². The van der Waals surface area contributed by atoms with Crippen LogP contribution in [0.4, 0.5) is 0 Å². The first-order valence-corrected chi connectivity index (χ1v) is 5.62. The Hall–Kier alpha value is -1.04. The summed E-state index contributed by atoms with van der Waals surface area (Å²) in [6, 6.07) is 0. The van der Waals surface area contributed by atoms with Gasteiger partial charge in [-0.1, -0.05) is 48.6 Å². The molecule has 0 bridgehead atoms. The third kappa shape index (κ3) is 6.47. The van der Waals surface area contributed by atoms with Crippen LogP contribution in [0.1, 0.15) is 38.5 Å². The van der Waals surface area contributed by atoms with E-state index in [1.807, 2.05) is 0 Å². The Balaban J connectivity index is 2.34. The second-order valence-corrected chi connectivity index (χ2v) is 3.54. The molecule has 0 saturated heterocycles. The largest absolute Gasteiger partial charge is 0.0885 e. The molecular formula is C14H20. The molecule has 0 amide bonds. The van der Waals surface area contributed by atoms with E-state index in [1.165, 1.54) is 32.1 Å². The average Bonchev–Trinajstić information content (AvgIpc) is 2.22. The van der Waals surface area contributed by atoms with Gasteiger partial charge in [0.25, 0.3) is 0 Å². The summed E-state index contributed by atoms with van der Waals surface area (Å²) in [6.45, 7) is 0. The lowest BCUT2D eigenvalue weighted by Crippen LogP contribution is -1.71. The van der Waals surface area contributed by atoms with Gasteiger partial charge in [-0.3, -0.25) is 0 Å². The number of hydrogen-bond acceptors (Lipinski definition) is 0. The van der Waals surface area contributed by atoms with Crippen LogP contribution in [0.5, 0.6) is 0 Å². The van der Waals surface area contributed by atoms with Crippen molar-refractivity contribution in [2.75, 3.05) is 0 Å². The molecule has 0 aliphatic heterocycles. The molecule has 0 atom stereocenters. The lowest BCUT2D eigenvalue weighted by atomic mass is 10.2. The van der Waals surface area contributed by atoms with Crippen molar-refractivity contribution in [1.29, 1.82) is 0 Å². The lowest BCUT2D eigenvalue weighted by molar-refractivity contribution is 0.862. The maximum atomic E-state index is 2.31. The van der Waals surface area contributed by atoms with E-state index in [-0.39, 0.29) is 0 Å². The van der Waals surface area contributed by atoms with Crippen molar-refractivity contribution < 1.29 is 0 Å². The molecule has 76 valence electrons. The van der Waals surface area contributed by atoms with Crippen LogP contribution in [0.2, 0.25) is 0 Å². The molecule has 0 radical (unpaired) electrons. The van der Waals surface area contributed by atoms with Gasteiger partial charge in [-0.25, -0.2) is 0 Å². The maximum Gasteiger partial charge on any atom is -0.0166 e. The van der Waals surface area contributed by atoms with E-state index in [1.54, 1.807) is 0 Å². The van der Waals surface area contributed by atoms with Crippen molar-refractivity contribution in [3.8, 4) is 0 Å². The monoisotopic (exact) mass is 188 g/mol. The summed E-state index contributed by atoms with van der Waals surface area (Å²) in [7, 11) is 0. The van der Waals surface area contributed by atoms with Gasteiger partial charge < -0.3 is 0 Å². The second kappa shape index (κ2) is 8.55. The Labute approximate surface area is 87.7 Å². The van der Waals surface area contributed by atoms with E-state index in [4.69, 9.17) is 0 Å². The third-order valence-electron chi connectivity index (χ3n) is 2.23. The second-order valence-electron chi connectivity index (χ2n) is 3.54. The number of rotatable bonds is 0. The minimum atomic E-state index is 1.06. The fourth-order valence-electron chi connectivity index (χ4n) is 1.41. The fourth-order valence-corrected chi connectivity index (χ4v) is 1.41. The number of allylic oxidation sites excluding steroid dienone is 8. The molecule has 1 aliphatic rings. The van der Waals surface area contributed by atoms with E-state index in [0.29, 0.717) is 0 Å². The summed E-state index contributed by atoms with van der Waals surface area (Å²) in [5.74, 6) is 0. The number of hydrogen-bond donors (Lipinski definition) is 0. The van der Waals surface area contributed by atoms with Gasteiger partial charge in [0.2, 0.25) is 0 Å². The van der Waals surface area contributed by atoms with Gasteiger partial charge in [-0.05, 0) is 38.5 Å². The molecule has 0 heterocycles. The Bertz CT molecular complexity index is 228. The molecule has 0 aromatic heterocycles. The quantitative estimate of drug-likeness (QED) is 0.489. The molecule has 1 aliphatic carbocycles. The van der Waals surface area contributed by atoms with Gasteiger partial charge in [0.15, 0.2) is 0 Å². The average molecular weight is 188 g/mol. The third-order valence-corrected chi connectivity index (χ3v) is 2.23. The van der Waals surface area contributed by atoms with Gasteiger partial charge in [0.05, 0.1) is 0 Å². The topological polar surface area (TPSA) is 0 Å².